The lowest BCUT2D eigenvalue weighted by molar-refractivity contribution is 0.0567. The van der Waals surface area contributed by atoms with Gasteiger partial charge in [0.2, 0.25) is 5.76 Å². The second kappa shape index (κ2) is 6.92. The van der Waals surface area contributed by atoms with Gasteiger partial charge in [0, 0.05) is 35.5 Å². The average Bonchev–Trinajstić information content (AvgIpc) is 3.30. The van der Waals surface area contributed by atoms with Gasteiger partial charge < -0.3 is 19.2 Å². The number of benzene rings is 2. The predicted molar refractivity (Wildman–Crippen MR) is 100 cm³/mol. The number of alkyl halides is 1. The Kier molecular flexibility index (Phi) is 4.47. The molecule has 1 aliphatic heterocycles. The van der Waals surface area contributed by atoms with Crippen LogP contribution in [0.2, 0.25) is 0 Å². The van der Waals surface area contributed by atoms with Gasteiger partial charge in [-0.2, -0.15) is 0 Å². The second-order valence-electron chi connectivity index (χ2n) is 6.19. The summed E-state index contributed by atoms with van der Waals surface area (Å²) in [5.74, 6) is 0.858. The largest absolute Gasteiger partial charge is 0.485 e. The lowest BCUT2D eigenvalue weighted by Gasteiger charge is -2.11. The van der Waals surface area contributed by atoms with E-state index in [1.807, 2.05) is 36.4 Å². The molecule has 6 heteroatoms. The molecule has 134 valence electrons. The Morgan fingerprint density at radius 3 is 2.85 bits per heavy atom. The molecule has 4 rings (SSSR count). The summed E-state index contributed by atoms with van der Waals surface area (Å²) in [7, 11) is 1.33. The molecule has 1 aromatic heterocycles. The summed E-state index contributed by atoms with van der Waals surface area (Å²) >= 11 is 6.12. The number of hydrogen-bond donors (Lipinski definition) is 1. The lowest BCUT2D eigenvalue weighted by atomic mass is 9.99. The molecule has 1 N–H and O–H groups in total. The van der Waals surface area contributed by atoms with Crippen molar-refractivity contribution < 1.29 is 18.7 Å². The monoisotopic (exact) mass is 371 g/mol. The number of halogens is 1. The number of hydrogen-bond acceptors (Lipinski definition) is 5. The molecule has 26 heavy (non-hydrogen) atoms. The molecule has 0 bridgehead atoms. The van der Waals surface area contributed by atoms with E-state index in [0.717, 1.165) is 28.7 Å². The van der Waals surface area contributed by atoms with Crippen molar-refractivity contribution in [2.24, 2.45) is 0 Å². The van der Waals surface area contributed by atoms with Crippen LogP contribution in [0.4, 0.5) is 5.69 Å². The summed E-state index contributed by atoms with van der Waals surface area (Å²) in [6.45, 7) is 1.15. The number of fused-ring (bicyclic) bond motifs is 3. The third-order valence-corrected chi connectivity index (χ3v) is 4.94. The number of nitrogens with one attached hydrogen (secondary N) is 1. The van der Waals surface area contributed by atoms with Crippen LogP contribution in [0, 0.1) is 0 Å². The maximum atomic E-state index is 11.9. The van der Waals surface area contributed by atoms with Gasteiger partial charge in [-0.1, -0.05) is 30.3 Å². The van der Waals surface area contributed by atoms with Crippen LogP contribution in [-0.2, 0) is 11.3 Å². The Morgan fingerprint density at radius 1 is 1.31 bits per heavy atom. The molecular weight excluding hydrogens is 354 g/mol. The Hall–Kier alpha value is -2.66. The fourth-order valence-electron chi connectivity index (χ4n) is 3.29. The van der Waals surface area contributed by atoms with Crippen molar-refractivity contribution in [3.05, 3.63) is 59.4 Å². The molecule has 0 saturated carbocycles. The zero-order valence-electron chi connectivity index (χ0n) is 14.3. The molecule has 0 amide bonds. The van der Waals surface area contributed by atoms with Crippen molar-refractivity contribution in [2.75, 3.05) is 24.9 Å². The predicted octanol–water partition coefficient (Wildman–Crippen LogP) is 4.55. The molecule has 5 nitrogen and oxygen atoms in total. The van der Waals surface area contributed by atoms with Crippen LogP contribution in [0.15, 0.2) is 46.9 Å². The molecule has 0 spiro atoms. The third-order valence-electron chi connectivity index (χ3n) is 4.57. The van der Waals surface area contributed by atoms with Gasteiger partial charge in [0.05, 0.1) is 7.11 Å². The van der Waals surface area contributed by atoms with E-state index in [1.54, 1.807) is 6.07 Å². The summed E-state index contributed by atoms with van der Waals surface area (Å²) in [4.78, 5) is 11.9. The number of carbonyl (C=O) groups excluding carboxylic acids is 1. The van der Waals surface area contributed by atoms with E-state index in [9.17, 15) is 4.79 Å². The van der Waals surface area contributed by atoms with Crippen LogP contribution < -0.4 is 10.1 Å². The zero-order chi connectivity index (χ0) is 18.1. The molecule has 2 aromatic carbocycles. The Bertz CT molecular complexity index is 951. The number of ether oxygens (including phenoxy) is 2. The van der Waals surface area contributed by atoms with Crippen LogP contribution in [0.3, 0.4) is 0 Å². The molecule has 0 unspecified atom stereocenters. The Labute approximate surface area is 155 Å². The zero-order valence-corrected chi connectivity index (χ0v) is 15.0. The molecule has 0 saturated heterocycles. The maximum Gasteiger partial charge on any atom is 0.373 e. The normalized spacial score (nSPS) is 15.5. The highest BCUT2D eigenvalue weighted by molar-refractivity contribution is 6.18. The minimum absolute atomic E-state index is 0.153. The summed E-state index contributed by atoms with van der Waals surface area (Å²) in [5.41, 5.74) is 3.61. The maximum absolute atomic E-state index is 11.9. The minimum atomic E-state index is -0.516. The number of esters is 1. The number of rotatable bonds is 5. The Morgan fingerprint density at radius 2 is 2.12 bits per heavy atom. The summed E-state index contributed by atoms with van der Waals surface area (Å²) < 4.78 is 16.6. The van der Waals surface area contributed by atoms with Crippen molar-refractivity contribution in [1.29, 1.82) is 0 Å². The van der Waals surface area contributed by atoms with Crippen LogP contribution >= 0.6 is 11.6 Å². The van der Waals surface area contributed by atoms with Crippen molar-refractivity contribution in [3.63, 3.8) is 0 Å². The van der Waals surface area contributed by atoms with Crippen LogP contribution in [0.1, 0.15) is 27.6 Å². The number of furan rings is 1. The molecule has 0 fully saturated rings. The molecule has 0 radical (unpaired) electrons. The van der Waals surface area contributed by atoms with Crippen molar-refractivity contribution in [2.45, 2.75) is 12.5 Å². The fraction of sp³-hybridized carbons (Fsp3) is 0.250. The lowest BCUT2D eigenvalue weighted by Crippen LogP contribution is -2.02. The van der Waals surface area contributed by atoms with Crippen molar-refractivity contribution in [3.8, 4) is 5.75 Å². The molecular formula is C20H18ClNO4. The van der Waals surface area contributed by atoms with E-state index in [1.165, 1.54) is 7.11 Å². The van der Waals surface area contributed by atoms with Gasteiger partial charge in [0.25, 0.3) is 0 Å². The topological polar surface area (TPSA) is 60.7 Å². The summed E-state index contributed by atoms with van der Waals surface area (Å²) in [5, 5.41) is 4.20. The van der Waals surface area contributed by atoms with E-state index < -0.39 is 5.97 Å². The minimum Gasteiger partial charge on any atom is -0.485 e. The van der Waals surface area contributed by atoms with E-state index in [-0.39, 0.29) is 11.7 Å². The quantitative estimate of drug-likeness (QED) is 0.526. The van der Waals surface area contributed by atoms with Gasteiger partial charge in [0.15, 0.2) is 11.3 Å². The molecule has 3 aromatic rings. The van der Waals surface area contributed by atoms with Gasteiger partial charge in [-0.15, -0.1) is 11.6 Å². The molecule has 2 heterocycles. The molecule has 1 atom stereocenters. The summed E-state index contributed by atoms with van der Waals surface area (Å²) in [6.07, 6.45) is 0. The second-order valence-corrected chi connectivity index (χ2v) is 6.50. The van der Waals surface area contributed by atoms with Gasteiger partial charge in [-0.3, -0.25) is 0 Å². The SMILES string of the molecule is COC(=O)c1cc2c3c(cc(OCc4ccccc4)c2o1)NC[C@@H]3CCl. The Balaban J connectivity index is 1.78. The first kappa shape index (κ1) is 16.8. The highest BCUT2D eigenvalue weighted by Crippen LogP contribution is 2.44. The van der Waals surface area contributed by atoms with E-state index in [4.69, 9.17) is 25.5 Å². The van der Waals surface area contributed by atoms with Crippen LogP contribution in [0.5, 0.6) is 5.75 Å². The van der Waals surface area contributed by atoms with Crippen molar-refractivity contribution in [1.82, 2.24) is 0 Å². The highest BCUT2D eigenvalue weighted by Gasteiger charge is 2.29. The fourth-order valence-corrected chi connectivity index (χ4v) is 3.55. The van der Waals surface area contributed by atoms with Crippen molar-refractivity contribution >= 4 is 34.2 Å². The smallest absolute Gasteiger partial charge is 0.373 e. The van der Waals surface area contributed by atoms with Gasteiger partial charge in [-0.05, 0) is 17.2 Å². The first-order valence-corrected chi connectivity index (χ1v) is 8.90. The van der Waals surface area contributed by atoms with E-state index in [2.05, 4.69) is 5.32 Å². The third kappa shape index (κ3) is 2.88. The first-order valence-electron chi connectivity index (χ1n) is 8.36. The highest BCUT2D eigenvalue weighted by atomic mass is 35.5. The summed E-state index contributed by atoms with van der Waals surface area (Å²) in [6, 6.07) is 13.5. The first-order chi connectivity index (χ1) is 12.7. The average molecular weight is 372 g/mol. The van der Waals surface area contributed by atoms with Gasteiger partial charge in [-0.25, -0.2) is 4.79 Å². The van der Waals surface area contributed by atoms with E-state index in [0.29, 0.717) is 23.8 Å². The van der Waals surface area contributed by atoms with Gasteiger partial charge >= 0.3 is 5.97 Å². The molecule has 1 aliphatic rings. The van der Waals surface area contributed by atoms with E-state index >= 15 is 0 Å². The van der Waals surface area contributed by atoms with Crippen LogP contribution in [-0.4, -0.2) is 25.5 Å². The number of methoxy groups -OCH3 is 1. The van der Waals surface area contributed by atoms with Crippen LogP contribution in [0.25, 0.3) is 11.0 Å². The number of anilines is 1. The molecule has 0 aliphatic carbocycles. The number of carbonyl (C=O) groups is 1. The van der Waals surface area contributed by atoms with Gasteiger partial charge in [0.1, 0.15) is 6.61 Å². The standard InChI is InChI=1S/C20H18ClNO4/c1-24-20(23)17-7-14-18-13(9-21)10-22-15(18)8-16(19(14)26-17)25-11-12-5-3-2-4-6-12/h2-8,13,22H,9-11H2,1H3/t13-/m0/s1.